The van der Waals surface area contributed by atoms with Gasteiger partial charge in [-0.25, -0.2) is 4.79 Å². The summed E-state index contributed by atoms with van der Waals surface area (Å²) in [6.07, 6.45) is 6.36. The van der Waals surface area contributed by atoms with Gasteiger partial charge in [0, 0.05) is 25.7 Å². The third kappa shape index (κ3) is 3.70. The third-order valence-electron chi connectivity index (χ3n) is 4.51. The van der Waals surface area contributed by atoms with E-state index in [0.717, 1.165) is 37.0 Å². The maximum absolute atomic E-state index is 12.3. The minimum Gasteiger partial charge on any atom is -0.389 e. The van der Waals surface area contributed by atoms with Gasteiger partial charge in [-0.05, 0) is 25.0 Å². The highest BCUT2D eigenvalue weighted by molar-refractivity contribution is 5.75. The lowest BCUT2D eigenvalue weighted by Gasteiger charge is -2.33. The number of nitrogens with zero attached hydrogens (tertiary/aromatic N) is 2. The number of H-pyrrole nitrogens is 1. The molecule has 2 aromatic rings. The maximum Gasteiger partial charge on any atom is 0.326 e. The van der Waals surface area contributed by atoms with E-state index in [9.17, 15) is 9.90 Å². The predicted molar refractivity (Wildman–Crippen MR) is 92.9 cm³/mol. The molecule has 2 heterocycles. The monoisotopic (exact) mass is 329 g/mol. The molecule has 0 saturated carbocycles. The molecule has 3 rings (SSSR count). The highest BCUT2D eigenvalue weighted by Crippen LogP contribution is 2.24. The molecule has 1 aromatic carbocycles. The van der Waals surface area contributed by atoms with Crippen LogP contribution in [0.15, 0.2) is 29.1 Å². The number of fused-ring (bicyclic) bond motifs is 1. The molecular weight excluding hydrogens is 306 g/mol. The molecule has 24 heavy (non-hydrogen) atoms. The number of rotatable bonds is 6. The Bertz CT molecular complexity index is 766. The number of terminal acetylenes is 1. The zero-order valence-corrected chi connectivity index (χ0v) is 13.6. The summed E-state index contributed by atoms with van der Waals surface area (Å²) in [5.74, 6) is 2.39. The van der Waals surface area contributed by atoms with Gasteiger partial charge in [-0.15, -0.1) is 6.42 Å². The predicted octanol–water partition coefficient (Wildman–Crippen LogP) is 0.977. The normalized spacial score (nSPS) is 17.8. The highest BCUT2D eigenvalue weighted by Gasteiger charge is 2.24. The zero-order chi connectivity index (χ0) is 16.9. The van der Waals surface area contributed by atoms with Crippen LogP contribution in [0.5, 0.6) is 0 Å². The Labute approximate surface area is 141 Å². The number of aromatic amines is 1. The number of aromatic nitrogens is 2. The van der Waals surface area contributed by atoms with E-state index < -0.39 is 6.10 Å². The van der Waals surface area contributed by atoms with E-state index in [1.165, 1.54) is 0 Å². The zero-order valence-electron chi connectivity index (χ0n) is 13.6. The fourth-order valence-corrected chi connectivity index (χ4v) is 3.40. The van der Waals surface area contributed by atoms with Crippen molar-refractivity contribution in [2.24, 2.45) is 0 Å². The van der Waals surface area contributed by atoms with E-state index in [1.807, 2.05) is 28.8 Å². The Morgan fingerprint density at radius 3 is 2.88 bits per heavy atom. The molecule has 1 saturated heterocycles. The second-order valence-electron chi connectivity index (χ2n) is 6.22. The number of aliphatic hydroxyl groups is 1. The van der Waals surface area contributed by atoms with Crippen LogP contribution < -0.4 is 5.69 Å². The second kappa shape index (κ2) is 7.67. The van der Waals surface area contributed by atoms with Crippen molar-refractivity contribution in [1.82, 2.24) is 14.5 Å². The average molecular weight is 329 g/mol. The van der Waals surface area contributed by atoms with Crippen LogP contribution in [0.2, 0.25) is 0 Å². The summed E-state index contributed by atoms with van der Waals surface area (Å²) in [5.41, 5.74) is 1.80. The third-order valence-corrected chi connectivity index (χ3v) is 4.51. The molecule has 1 atom stereocenters. The fourth-order valence-electron chi connectivity index (χ4n) is 3.40. The van der Waals surface area contributed by atoms with Crippen LogP contribution in [0.1, 0.15) is 18.9 Å². The van der Waals surface area contributed by atoms with E-state index in [1.54, 1.807) is 0 Å². The number of imidazole rings is 1. The first-order chi connectivity index (χ1) is 11.7. The van der Waals surface area contributed by atoms with Gasteiger partial charge in [0.15, 0.2) is 0 Å². The van der Waals surface area contributed by atoms with Gasteiger partial charge in [0.05, 0.1) is 23.7 Å². The van der Waals surface area contributed by atoms with Crippen LogP contribution in [0.4, 0.5) is 0 Å². The molecule has 6 heteroatoms. The van der Waals surface area contributed by atoms with Crippen molar-refractivity contribution in [3.63, 3.8) is 0 Å². The Hall–Kier alpha value is -2.07. The minimum atomic E-state index is -0.536. The van der Waals surface area contributed by atoms with Crippen LogP contribution in [0.25, 0.3) is 11.0 Å². The molecule has 2 N–H and O–H groups in total. The van der Waals surface area contributed by atoms with Crippen LogP contribution in [-0.4, -0.2) is 58.5 Å². The Kier molecular flexibility index (Phi) is 5.36. The molecule has 0 radical (unpaired) electrons. The number of β-amino-alcohol motifs (C(OH)–C–C–N with tert-alkyl or cyclic N) is 1. The number of para-hydroxylation sites is 2. The van der Waals surface area contributed by atoms with E-state index in [0.29, 0.717) is 6.54 Å². The smallest absolute Gasteiger partial charge is 0.326 e. The van der Waals surface area contributed by atoms with Crippen LogP contribution in [0.3, 0.4) is 0 Å². The van der Waals surface area contributed by atoms with Gasteiger partial charge in [-0.1, -0.05) is 18.1 Å². The SMILES string of the molecule is C#CCOCC(O)CN1CCC(n2c(=O)[nH]c3ccccc32)CC1. The van der Waals surface area contributed by atoms with Crippen LogP contribution in [-0.2, 0) is 4.74 Å². The molecule has 1 aromatic heterocycles. The van der Waals surface area contributed by atoms with Gasteiger partial charge >= 0.3 is 5.69 Å². The first-order valence-corrected chi connectivity index (χ1v) is 8.30. The molecule has 6 nitrogen and oxygen atoms in total. The summed E-state index contributed by atoms with van der Waals surface area (Å²) in [7, 11) is 0. The Morgan fingerprint density at radius 1 is 1.38 bits per heavy atom. The van der Waals surface area contributed by atoms with Gasteiger partial charge in [-0.2, -0.15) is 0 Å². The molecule has 0 bridgehead atoms. The van der Waals surface area contributed by atoms with E-state index in [4.69, 9.17) is 11.2 Å². The lowest BCUT2D eigenvalue weighted by molar-refractivity contribution is 0.0211. The number of likely N-dealkylation sites (tertiary alicyclic amines) is 1. The maximum atomic E-state index is 12.3. The van der Waals surface area contributed by atoms with Gasteiger partial charge in [0.1, 0.15) is 6.61 Å². The largest absolute Gasteiger partial charge is 0.389 e. The number of hydrogen-bond acceptors (Lipinski definition) is 4. The first-order valence-electron chi connectivity index (χ1n) is 8.30. The Balaban J connectivity index is 1.58. The number of nitrogens with one attached hydrogen (secondary N) is 1. The fraction of sp³-hybridized carbons (Fsp3) is 0.500. The van der Waals surface area contributed by atoms with Gasteiger partial charge in [0.25, 0.3) is 0 Å². The van der Waals surface area contributed by atoms with Crippen molar-refractivity contribution >= 4 is 11.0 Å². The van der Waals surface area contributed by atoms with Gasteiger partial charge < -0.3 is 19.7 Å². The lowest BCUT2D eigenvalue weighted by atomic mass is 10.0. The lowest BCUT2D eigenvalue weighted by Crippen LogP contribution is -2.41. The van der Waals surface area contributed by atoms with Crippen molar-refractivity contribution in [2.75, 3.05) is 32.8 Å². The number of benzene rings is 1. The summed E-state index contributed by atoms with van der Waals surface area (Å²) < 4.78 is 7.04. The minimum absolute atomic E-state index is 0.0441. The van der Waals surface area contributed by atoms with Gasteiger partial charge in [-0.3, -0.25) is 4.57 Å². The molecule has 0 spiro atoms. The first kappa shape index (κ1) is 16.8. The molecular formula is C18H23N3O3. The van der Waals surface area contributed by atoms with E-state index in [-0.39, 0.29) is 24.9 Å². The average Bonchev–Trinajstić information content (AvgIpc) is 2.92. The van der Waals surface area contributed by atoms with Crippen molar-refractivity contribution in [2.45, 2.75) is 25.0 Å². The molecule has 128 valence electrons. The summed E-state index contributed by atoms with van der Waals surface area (Å²) in [6, 6.07) is 7.98. The number of hydrogen-bond donors (Lipinski definition) is 2. The summed E-state index contributed by atoms with van der Waals surface area (Å²) in [4.78, 5) is 17.4. The van der Waals surface area contributed by atoms with Crippen molar-refractivity contribution < 1.29 is 9.84 Å². The summed E-state index contributed by atoms with van der Waals surface area (Å²) >= 11 is 0. The Morgan fingerprint density at radius 2 is 2.12 bits per heavy atom. The number of aliphatic hydroxyl groups excluding tert-OH is 1. The van der Waals surface area contributed by atoms with Crippen molar-refractivity contribution in [3.05, 3.63) is 34.7 Å². The summed E-state index contributed by atoms with van der Waals surface area (Å²) in [5, 5.41) is 9.97. The van der Waals surface area contributed by atoms with Gasteiger partial charge in [0.2, 0.25) is 0 Å². The highest BCUT2D eigenvalue weighted by atomic mass is 16.5. The van der Waals surface area contributed by atoms with Crippen LogP contribution in [0, 0.1) is 12.3 Å². The molecule has 0 aliphatic carbocycles. The molecule has 1 fully saturated rings. The summed E-state index contributed by atoms with van der Waals surface area (Å²) in [6.45, 7) is 2.75. The molecule has 1 aliphatic heterocycles. The quantitative estimate of drug-likeness (QED) is 0.612. The van der Waals surface area contributed by atoms with E-state index in [2.05, 4.69) is 15.8 Å². The molecule has 0 amide bonds. The molecule has 1 unspecified atom stereocenters. The number of ether oxygens (including phenoxy) is 1. The standard InChI is InChI=1S/C18H23N3O3/c1-2-11-24-13-15(22)12-20-9-7-14(8-10-20)21-17-6-4-3-5-16(17)19-18(21)23/h1,3-6,14-15,22H,7-13H2,(H,19,23). The van der Waals surface area contributed by atoms with Crippen molar-refractivity contribution in [1.29, 1.82) is 0 Å². The topological polar surface area (TPSA) is 70.5 Å². The van der Waals surface area contributed by atoms with Crippen LogP contribution >= 0.6 is 0 Å². The van der Waals surface area contributed by atoms with Crippen molar-refractivity contribution in [3.8, 4) is 12.3 Å². The number of piperidine rings is 1. The second-order valence-corrected chi connectivity index (χ2v) is 6.22. The van der Waals surface area contributed by atoms with E-state index >= 15 is 0 Å². The molecule has 1 aliphatic rings.